The summed E-state index contributed by atoms with van der Waals surface area (Å²) in [6.07, 6.45) is 4.85. The van der Waals surface area contributed by atoms with Crippen molar-refractivity contribution in [2.45, 2.75) is 39.5 Å². The number of hydrogen-bond acceptors (Lipinski definition) is 3. The van der Waals surface area contributed by atoms with Crippen LogP contribution in [0, 0.1) is 13.8 Å². The van der Waals surface area contributed by atoms with Crippen LogP contribution in [0.2, 0.25) is 0 Å². The van der Waals surface area contributed by atoms with E-state index < -0.39 is 0 Å². The zero-order valence-electron chi connectivity index (χ0n) is 11.8. The number of benzene rings is 1. The molecule has 4 rings (SSSR count). The number of hydrogen-bond donors (Lipinski definition) is 0. The third-order valence-electron chi connectivity index (χ3n) is 4.13. The third kappa shape index (κ3) is 1.79. The second-order valence-electron chi connectivity index (χ2n) is 5.60. The molecule has 3 aromatic rings. The van der Waals surface area contributed by atoms with E-state index in [9.17, 15) is 0 Å². The van der Waals surface area contributed by atoms with Gasteiger partial charge in [0.1, 0.15) is 0 Å². The van der Waals surface area contributed by atoms with Crippen LogP contribution in [0.4, 0.5) is 0 Å². The molecule has 0 spiro atoms. The minimum Gasteiger partial charge on any atom is -0.218 e. The van der Waals surface area contributed by atoms with Gasteiger partial charge in [-0.15, -0.1) is 0 Å². The van der Waals surface area contributed by atoms with Crippen LogP contribution in [0.15, 0.2) is 18.2 Å². The molecule has 1 aliphatic rings. The zero-order valence-corrected chi connectivity index (χ0v) is 12.6. The van der Waals surface area contributed by atoms with Crippen molar-refractivity contribution in [3.8, 4) is 5.13 Å². The molecule has 0 saturated carbocycles. The van der Waals surface area contributed by atoms with E-state index in [1.165, 1.54) is 46.5 Å². The van der Waals surface area contributed by atoms with E-state index in [0.29, 0.717) is 0 Å². The van der Waals surface area contributed by atoms with E-state index in [0.717, 1.165) is 17.1 Å². The molecule has 0 saturated heterocycles. The van der Waals surface area contributed by atoms with Gasteiger partial charge in [0.2, 0.25) is 5.13 Å². The van der Waals surface area contributed by atoms with E-state index in [-0.39, 0.29) is 0 Å². The lowest BCUT2D eigenvalue weighted by Gasteiger charge is -2.08. The van der Waals surface area contributed by atoms with Gasteiger partial charge in [0.15, 0.2) is 0 Å². The highest BCUT2D eigenvalue weighted by Crippen LogP contribution is 2.30. The Labute approximate surface area is 122 Å². The summed E-state index contributed by atoms with van der Waals surface area (Å²) in [4.78, 5) is 4.75. The van der Waals surface area contributed by atoms with Gasteiger partial charge in [0.25, 0.3) is 0 Å². The van der Waals surface area contributed by atoms with E-state index in [1.807, 2.05) is 0 Å². The molecular weight excluding hydrogens is 266 g/mol. The maximum Gasteiger partial charge on any atom is 0.211 e. The molecule has 2 aromatic heterocycles. The molecule has 0 amide bonds. The summed E-state index contributed by atoms with van der Waals surface area (Å²) in [6.45, 7) is 4.30. The first-order valence-corrected chi connectivity index (χ1v) is 7.99. The van der Waals surface area contributed by atoms with Crippen molar-refractivity contribution in [3.05, 3.63) is 40.7 Å². The van der Waals surface area contributed by atoms with Gasteiger partial charge in [-0.1, -0.05) is 17.4 Å². The fraction of sp³-hybridized carbons (Fsp3) is 0.375. The molecule has 0 unspecified atom stereocenters. The number of aryl methyl sites for hydroxylation is 2. The molecule has 1 aromatic carbocycles. The fourth-order valence-electron chi connectivity index (χ4n) is 3.01. The highest BCUT2D eigenvalue weighted by Gasteiger charge is 2.20. The second kappa shape index (κ2) is 4.42. The Kier molecular flexibility index (Phi) is 2.67. The lowest BCUT2D eigenvalue weighted by molar-refractivity contribution is 0.671. The van der Waals surface area contributed by atoms with Crippen molar-refractivity contribution in [2.24, 2.45) is 0 Å². The maximum absolute atomic E-state index is 4.80. The fourth-order valence-corrected chi connectivity index (χ4v) is 4.08. The predicted molar refractivity (Wildman–Crippen MR) is 82.9 cm³/mol. The van der Waals surface area contributed by atoms with Crippen LogP contribution in [0.3, 0.4) is 0 Å². The number of nitrogens with zero attached hydrogens (tertiary/aromatic N) is 3. The highest BCUT2D eigenvalue weighted by molar-refractivity contribution is 7.20. The van der Waals surface area contributed by atoms with E-state index in [1.54, 1.807) is 11.3 Å². The van der Waals surface area contributed by atoms with Crippen molar-refractivity contribution in [3.63, 3.8) is 0 Å². The zero-order chi connectivity index (χ0) is 13.7. The molecule has 0 atom stereocenters. The van der Waals surface area contributed by atoms with Gasteiger partial charge in [-0.05, 0) is 62.8 Å². The van der Waals surface area contributed by atoms with Crippen LogP contribution < -0.4 is 0 Å². The summed E-state index contributed by atoms with van der Waals surface area (Å²) in [5.41, 5.74) is 6.36. The van der Waals surface area contributed by atoms with Gasteiger partial charge in [0.05, 0.1) is 15.9 Å². The van der Waals surface area contributed by atoms with Crippen molar-refractivity contribution >= 4 is 21.6 Å². The first-order chi connectivity index (χ1) is 9.72. The van der Waals surface area contributed by atoms with Gasteiger partial charge in [-0.2, -0.15) is 5.10 Å². The second-order valence-corrected chi connectivity index (χ2v) is 6.61. The standard InChI is InChI=1S/C16H17N3S/c1-10-7-8-14-15(9-10)20-16(17-14)19-11(2)12-5-3-4-6-13(12)18-19/h7-9H,3-6H2,1-2H3. The summed E-state index contributed by atoms with van der Waals surface area (Å²) in [5, 5.41) is 5.80. The van der Waals surface area contributed by atoms with Crippen LogP contribution in [-0.4, -0.2) is 14.8 Å². The number of thiazole rings is 1. The van der Waals surface area contributed by atoms with Crippen LogP contribution >= 0.6 is 11.3 Å². The molecule has 0 N–H and O–H groups in total. The number of rotatable bonds is 1. The van der Waals surface area contributed by atoms with Crippen molar-refractivity contribution in [1.29, 1.82) is 0 Å². The molecule has 20 heavy (non-hydrogen) atoms. The molecule has 0 fully saturated rings. The van der Waals surface area contributed by atoms with Gasteiger partial charge >= 0.3 is 0 Å². The smallest absolute Gasteiger partial charge is 0.211 e. The van der Waals surface area contributed by atoms with Gasteiger partial charge < -0.3 is 0 Å². The van der Waals surface area contributed by atoms with Crippen molar-refractivity contribution < 1.29 is 0 Å². The maximum atomic E-state index is 4.80. The number of fused-ring (bicyclic) bond motifs is 2. The van der Waals surface area contributed by atoms with Gasteiger partial charge in [-0.25, -0.2) is 9.67 Å². The minimum absolute atomic E-state index is 0.998. The van der Waals surface area contributed by atoms with E-state index in [4.69, 9.17) is 10.1 Å². The van der Waals surface area contributed by atoms with Gasteiger partial charge in [0, 0.05) is 5.69 Å². The Morgan fingerprint density at radius 3 is 2.85 bits per heavy atom. The molecule has 0 radical (unpaired) electrons. The van der Waals surface area contributed by atoms with Crippen LogP contribution in [0.5, 0.6) is 0 Å². The van der Waals surface area contributed by atoms with Crippen LogP contribution in [-0.2, 0) is 12.8 Å². The summed E-state index contributed by atoms with van der Waals surface area (Å²) in [6, 6.07) is 6.42. The third-order valence-corrected chi connectivity index (χ3v) is 5.12. The summed E-state index contributed by atoms with van der Waals surface area (Å²) >= 11 is 1.73. The Morgan fingerprint density at radius 2 is 2.00 bits per heavy atom. The Bertz CT molecular complexity index is 798. The SMILES string of the molecule is Cc1ccc2nc(-n3nc4c(c3C)CCCC4)sc2c1. The predicted octanol–water partition coefficient (Wildman–Crippen LogP) is 3.98. The average Bonchev–Trinajstić information content (AvgIpc) is 3.00. The van der Waals surface area contributed by atoms with Crippen LogP contribution in [0.1, 0.15) is 35.4 Å². The quantitative estimate of drug-likeness (QED) is 0.676. The normalized spacial score (nSPS) is 14.7. The summed E-state index contributed by atoms with van der Waals surface area (Å²) < 4.78 is 3.29. The first-order valence-electron chi connectivity index (χ1n) is 7.17. The number of aromatic nitrogens is 3. The molecule has 4 heteroatoms. The topological polar surface area (TPSA) is 30.7 Å². The largest absolute Gasteiger partial charge is 0.218 e. The molecule has 102 valence electrons. The lowest BCUT2D eigenvalue weighted by atomic mass is 9.96. The summed E-state index contributed by atoms with van der Waals surface area (Å²) in [5.74, 6) is 0. The van der Waals surface area contributed by atoms with E-state index in [2.05, 4.69) is 36.7 Å². The first kappa shape index (κ1) is 12.1. The Balaban J connectivity index is 1.88. The Morgan fingerprint density at radius 1 is 1.15 bits per heavy atom. The summed E-state index contributed by atoms with van der Waals surface area (Å²) in [7, 11) is 0. The van der Waals surface area contributed by atoms with Crippen molar-refractivity contribution in [1.82, 2.24) is 14.8 Å². The molecule has 3 nitrogen and oxygen atoms in total. The molecule has 1 aliphatic carbocycles. The van der Waals surface area contributed by atoms with Crippen molar-refractivity contribution in [2.75, 3.05) is 0 Å². The van der Waals surface area contributed by atoms with Gasteiger partial charge in [-0.3, -0.25) is 0 Å². The molecule has 0 aliphatic heterocycles. The molecular formula is C16H17N3S. The monoisotopic (exact) mass is 283 g/mol. The Hall–Kier alpha value is -1.68. The minimum atomic E-state index is 0.998. The van der Waals surface area contributed by atoms with E-state index >= 15 is 0 Å². The lowest BCUT2D eigenvalue weighted by Crippen LogP contribution is -2.00. The molecule has 0 bridgehead atoms. The highest BCUT2D eigenvalue weighted by atomic mass is 32.1. The molecule has 2 heterocycles. The van der Waals surface area contributed by atoms with Crippen LogP contribution in [0.25, 0.3) is 15.3 Å². The average molecular weight is 283 g/mol.